The molecule has 21 heavy (non-hydrogen) atoms. The number of aliphatic hydroxyl groups excluding tert-OH is 1. The van der Waals surface area contributed by atoms with E-state index >= 15 is 0 Å². The smallest absolute Gasteiger partial charge is 0.255 e. The Balaban J connectivity index is 2.05. The number of ether oxygens (including phenoxy) is 1. The van der Waals surface area contributed by atoms with Crippen LogP contribution in [0.15, 0.2) is 48.5 Å². The van der Waals surface area contributed by atoms with Crippen LogP contribution in [0.3, 0.4) is 0 Å². The van der Waals surface area contributed by atoms with Crippen molar-refractivity contribution in [1.29, 1.82) is 0 Å². The Morgan fingerprint density at radius 2 is 1.81 bits per heavy atom. The predicted molar refractivity (Wildman–Crippen MR) is 81.4 cm³/mol. The highest BCUT2D eigenvalue weighted by Gasteiger charge is 2.05. The number of benzene rings is 2. The fourth-order valence-corrected chi connectivity index (χ4v) is 1.72. The Bertz CT molecular complexity index is 664. The first-order chi connectivity index (χ1) is 10.2. The summed E-state index contributed by atoms with van der Waals surface area (Å²) in [6.45, 7) is -0.181. The van der Waals surface area contributed by atoms with Gasteiger partial charge in [-0.15, -0.1) is 0 Å². The fraction of sp³-hybridized carbons (Fsp3) is 0.118. The summed E-state index contributed by atoms with van der Waals surface area (Å²) in [4.78, 5) is 12.1. The van der Waals surface area contributed by atoms with Crippen LogP contribution in [0.5, 0.6) is 5.75 Å². The molecule has 0 saturated heterocycles. The normalized spacial score (nSPS) is 9.43. The van der Waals surface area contributed by atoms with Crippen LogP contribution in [-0.4, -0.2) is 24.7 Å². The molecule has 0 aliphatic heterocycles. The molecule has 2 aromatic rings. The molecule has 0 saturated carbocycles. The maximum atomic E-state index is 12.1. The largest absolute Gasteiger partial charge is 0.497 e. The lowest BCUT2D eigenvalue weighted by molar-refractivity contribution is 0.102. The van der Waals surface area contributed by atoms with Crippen molar-refractivity contribution in [2.24, 2.45) is 0 Å². The van der Waals surface area contributed by atoms with Crippen molar-refractivity contribution < 1.29 is 14.6 Å². The average molecular weight is 281 g/mol. The van der Waals surface area contributed by atoms with E-state index in [1.165, 1.54) is 0 Å². The van der Waals surface area contributed by atoms with E-state index in [1.54, 1.807) is 55.6 Å². The molecule has 0 aromatic heterocycles. The molecule has 0 heterocycles. The summed E-state index contributed by atoms with van der Waals surface area (Å²) in [7, 11) is 1.59. The molecule has 2 N–H and O–H groups in total. The first kappa shape index (κ1) is 14.6. The standard InChI is InChI=1S/C17H15NO3/c1-21-16-10-8-15(9-11-16)18-17(20)14-6-4-13(5-7-14)3-2-12-19/h4-11,19H,12H2,1H3,(H,18,20). The van der Waals surface area contributed by atoms with E-state index < -0.39 is 0 Å². The zero-order chi connectivity index (χ0) is 15.1. The summed E-state index contributed by atoms with van der Waals surface area (Å²) in [5, 5.41) is 11.4. The van der Waals surface area contributed by atoms with Crippen LogP contribution >= 0.6 is 0 Å². The predicted octanol–water partition coefficient (Wildman–Crippen LogP) is 2.29. The van der Waals surface area contributed by atoms with Gasteiger partial charge in [-0.3, -0.25) is 4.79 Å². The van der Waals surface area contributed by atoms with Crippen LogP contribution in [0, 0.1) is 11.8 Å². The Morgan fingerprint density at radius 1 is 1.14 bits per heavy atom. The number of carbonyl (C=O) groups is 1. The van der Waals surface area contributed by atoms with Crippen molar-refractivity contribution >= 4 is 11.6 Å². The van der Waals surface area contributed by atoms with Gasteiger partial charge in [-0.25, -0.2) is 0 Å². The van der Waals surface area contributed by atoms with E-state index in [0.717, 1.165) is 11.3 Å². The number of rotatable bonds is 3. The van der Waals surface area contributed by atoms with Gasteiger partial charge in [0.15, 0.2) is 0 Å². The number of aliphatic hydroxyl groups is 1. The van der Waals surface area contributed by atoms with Crippen molar-refractivity contribution in [3.63, 3.8) is 0 Å². The Morgan fingerprint density at radius 3 is 2.38 bits per heavy atom. The molecule has 0 radical (unpaired) electrons. The second-order valence-corrected chi connectivity index (χ2v) is 4.22. The molecule has 0 spiro atoms. The summed E-state index contributed by atoms with van der Waals surface area (Å²) < 4.78 is 5.06. The molecule has 0 aliphatic rings. The van der Waals surface area contributed by atoms with Crippen molar-refractivity contribution in [3.8, 4) is 17.6 Å². The third-order valence-corrected chi connectivity index (χ3v) is 2.81. The lowest BCUT2D eigenvalue weighted by Crippen LogP contribution is -2.11. The molecule has 2 rings (SSSR count). The SMILES string of the molecule is COc1ccc(NC(=O)c2ccc(C#CCO)cc2)cc1. The summed E-state index contributed by atoms with van der Waals surface area (Å²) in [6, 6.07) is 14.0. The number of methoxy groups -OCH3 is 1. The highest BCUT2D eigenvalue weighted by Crippen LogP contribution is 2.16. The van der Waals surface area contributed by atoms with Gasteiger partial charge in [0.1, 0.15) is 12.4 Å². The molecule has 2 aromatic carbocycles. The molecular weight excluding hydrogens is 266 g/mol. The lowest BCUT2D eigenvalue weighted by atomic mass is 10.1. The third kappa shape index (κ3) is 4.10. The monoisotopic (exact) mass is 281 g/mol. The minimum atomic E-state index is -0.193. The maximum absolute atomic E-state index is 12.1. The lowest BCUT2D eigenvalue weighted by Gasteiger charge is -2.06. The van der Waals surface area contributed by atoms with Crippen LogP contribution in [0.1, 0.15) is 15.9 Å². The first-order valence-electron chi connectivity index (χ1n) is 6.38. The van der Waals surface area contributed by atoms with E-state index in [-0.39, 0.29) is 12.5 Å². The molecule has 0 aliphatic carbocycles. The zero-order valence-corrected chi connectivity index (χ0v) is 11.6. The second-order valence-electron chi connectivity index (χ2n) is 4.22. The highest BCUT2D eigenvalue weighted by molar-refractivity contribution is 6.04. The number of hydrogen-bond acceptors (Lipinski definition) is 3. The highest BCUT2D eigenvalue weighted by atomic mass is 16.5. The average Bonchev–Trinajstić information content (AvgIpc) is 2.54. The minimum absolute atomic E-state index is 0.181. The van der Waals surface area contributed by atoms with E-state index in [1.807, 2.05) is 0 Å². The van der Waals surface area contributed by atoms with E-state index in [0.29, 0.717) is 11.3 Å². The number of nitrogens with one attached hydrogen (secondary N) is 1. The number of carbonyl (C=O) groups excluding carboxylic acids is 1. The Labute approximate surface area is 123 Å². The van der Waals surface area contributed by atoms with Crippen LogP contribution in [-0.2, 0) is 0 Å². The quantitative estimate of drug-likeness (QED) is 0.849. The van der Waals surface area contributed by atoms with Gasteiger partial charge in [0.2, 0.25) is 0 Å². The summed E-state index contributed by atoms with van der Waals surface area (Å²) in [6.07, 6.45) is 0. The molecule has 0 fully saturated rings. The van der Waals surface area contributed by atoms with Crippen LogP contribution in [0.4, 0.5) is 5.69 Å². The molecule has 0 unspecified atom stereocenters. The topological polar surface area (TPSA) is 58.6 Å². The van der Waals surface area contributed by atoms with Crippen molar-refractivity contribution in [1.82, 2.24) is 0 Å². The first-order valence-corrected chi connectivity index (χ1v) is 6.38. The fourth-order valence-electron chi connectivity index (χ4n) is 1.72. The molecule has 0 atom stereocenters. The number of anilines is 1. The summed E-state index contributed by atoms with van der Waals surface area (Å²) in [5.41, 5.74) is 2.00. The Hall–Kier alpha value is -2.77. The number of amides is 1. The molecule has 106 valence electrons. The molecular formula is C17H15NO3. The molecule has 1 amide bonds. The van der Waals surface area contributed by atoms with Crippen LogP contribution < -0.4 is 10.1 Å². The molecule has 4 nitrogen and oxygen atoms in total. The summed E-state index contributed by atoms with van der Waals surface area (Å²) in [5.74, 6) is 5.88. The van der Waals surface area contributed by atoms with Crippen LogP contribution in [0.2, 0.25) is 0 Å². The van der Waals surface area contributed by atoms with Gasteiger partial charge in [-0.2, -0.15) is 0 Å². The van der Waals surface area contributed by atoms with Gasteiger partial charge in [0, 0.05) is 16.8 Å². The van der Waals surface area contributed by atoms with E-state index in [9.17, 15) is 4.79 Å². The van der Waals surface area contributed by atoms with Crippen LogP contribution in [0.25, 0.3) is 0 Å². The van der Waals surface area contributed by atoms with E-state index in [4.69, 9.17) is 9.84 Å². The Kier molecular flexibility index (Phi) is 4.97. The molecule has 0 bridgehead atoms. The maximum Gasteiger partial charge on any atom is 0.255 e. The van der Waals surface area contributed by atoms with Crippen molar-refractivity contribution in [3.05, 3.63) is 59.7 Å². The van der Waals surface area contributed by atoms with Gasteiger partial charge in [0.05, 0.1) is 7.11 Å². The zero-order valence-electron chi connectivity index (χ0n) is 11.6. The van der Waals surface area contributed by atoms with Gasteiger partial charge >= 0.3 is 0 Å². The van der Waals surface area contributed by atoms with Gasteiger partial charge in [-0.05, 0) is 48.5 Å². The summed E-state index contributed by atoms with van der Waals surface area (Å²) >= 11 is 0. The number of hydrogen-bond donors (Lipinski definition) is 2. The second kappa shape index (κ2) is 7.13. The van der Waals surface area contributed by atoms with E-state index in [2.05, 4.69) is 17.2 Å². The minimum Gasteiger partial charge on any atom is -0.497 e. The van der Waals surface area contributed by atoms with Crippen molar-refractivity contribution in [2.75, 3.05) is 19.0 Å². The third-order valence-electron chi connectivity index (χ3n) is 2.81. The van der Waals surface area contributed by atoms with Gasteiger partial charge < -0.3 is 15.2 Å². The van der Waals surface area contributed by atoms with Crippen molar-refractivity contribution in [2.45, 2.75) is 0 Å². The molecule has 4 heteroatoms. The van der Waals surface area contributed by atoms with Gasteiger partial charge in [-0.1, -0.05) is 11.8 Å². The van der Waals surface area contributed by atoms with Gasteiger partial charge in [0.25, 0.3) is 5.91 Å².